The van der Waals surface area contributed by atoms with Gasteiger partial charge in [-0.3, -0.25) is 0 Å². The van der Waals surface area contributed by atoms with Crippen LogP contribution >= 0.6 is 0 Å². The van der Waals surface area contributed by atoms with E-state index in [0.717, 1.165) is 18.5 Å². The summed E-state index contributed by atoms with van der Waals surface area (Å²) in [5.41, 5.74) is 0.742. The Bertz CT molecular complexity index is 606. The lowest BCUT2D eigenvalue weighted by Gasteiger charge is -2.19. The topological polar surface area (TPSA) is 69.4 Å². The van der Waals surface area contributed by atoms with E-state index in [1.165, 1.54) is 12.8 Å². The number of piperidine rings is 1. The predicted molar refractivity (Wildman–Crippen MR) is 77.4 cm³/mol. The Morgan fingerprint density at radius 1 is 1.24 bits per heavy atom. The number of aromatic nitrogens is 2. The van der Waals surface area contributed by atoms with E-state index in [1.54, 1.807) is 14.2 Å². The van der Waals surface area contributed by atoms with Crippen LogP contribution in [0.2, 0.25) is 0 Å². The van der Waals surface area contributed by atoms with Crippen molar-refractivity contribution in [3.05, 3.63) is 24.0 Å². The highest BCUT2D eigenvalue weighted by molar-refractivity contribution is 5.67. The molecule has 6 nitrogen and oxygen atoms in total. The molecule has 6 heteroatoms. The maximum absolute atomic E-state index is 5.41. The van der Waals surface area contributed by atoms with Gasteiger partial charge in [0.2, 0.25) is 0 Å². The number of rotatable bonds is 4. The first kappa shape index (κ1) is 13.9. The molecule has 0 radical (unpaired) electrons. The molecule has 2 heterocycles. The second-order valence-corrected chi connectivity index (χ2v) is 5.00. The Balaban J connectivity index is 1.92. The van der Waals surface area contributed by atoms with E-state index in [2.05, 4.69) is 15.5 Å². The van der Waals surface area contributed by atoms with Crippen LogP contribution in [0.25, 0.3) is 11.5 Å². The van der Waals surface area contributed by atoms with Crippen LogP contribution in [0.4, 0.5) is 0 Å². The molecule has 0 saturated carbocycles. The van der Waals surface area contributed by atoms with Gasteiger partial charge < -0.3 is 19.3 Å². The first-order valence-electron chi connectivity index (χ1n) is 7.12. The Morgan fingerprint density at radius 2 is 2.14 bits per heavy atom. The molecular weight excluding hydrogens is 270 g/mol. The van der Waals surface area contributed by atoms with Crippen LogP contribution in [0.5, 0.6) is 11.5 Å². The fourth-order valence-corrected chi connectivity index (χ4v) is 2.61. The zero-order chi connectivity index (χ0) is 14.7. The zero-order valence-corrected chi connectivity index (χ0v) is 12.3. The summed E-state index contributed by atoms with van der Waals surface area (Å²) in [5.74, 6) is 2.40. The van der Waals surface area contributed by atoms with E-state index in [9.17, 15) is 0 Å². The van der Waals surface area contributed by atoms with Crippen molar-refractivity contribution in [3.63, 3.8) is 0 Å². The Morgan fingerprint density at radius 3 is 2.86 bits per heavy atom. The highest BCUT2D eigenvalue weighted by atomic mass is 16.5. The summed E-state index contributed by atoms with van der Waals surface area (Å²) in [6.07, 6.45) is 3.42. The monoisotopic (exact) mass is 289 g/mol. The second kappa shape index (κ2) is 6.13. The summed E-state index contributed by atoms with van der Waals surface area (Å²) < 4.78 is 16.1. The van der Waals surface area contributed by atoms with Gasteiger partial charge in [-0.05, 0) is 31.5 Å². The van der Waals surface area contributed by atoms with Crippen LogP contribution in [-0.2, 0) is 0 Å². The Hall–Kier alpha value is -2.08. The van der Waals surface area contributed by atoms with Crippen LogP contribution < -0.4 is 14.8 Å². The molecule has 1 atom stereocenters. The molecule has 0 amide bonds. The summed E-state index contributed by atoms with van der Waals surface area (Å²) in [6.45, 7) is 0.997. The zero-order valence-electron chi connectivity index (χ0n) is 12.3. The Kier molecular flexibility index (Phi) is 4.06. The number of hydrogen-bond donors (Lipinski definition) is 1. The average Bonchev–Trinajstić information content (AvgIpc) is 3.04. The van der Waals surface area contributed by atoms with Crippen molar-refractivity contribution >= 4 is 0 Å². The quantitative estimate of drug-likeness (QED) is 0.933. The molecule has 0 aliphatic carbocycles. The minimum Gasteiger partial charge on any atom is -0.493 e. The van der Waals surface area contributed by atoms with E-state index >= 15 is 0 Å². The SMILES string of the molecule is COc1cccc(-c2nc(C3CCCCN3)no2)c1OC. The van der Waals surface area contributed by atoms with E-state index < -0.39 is 0 Å². The number of hydrogen-bond acceptors (Lipinski definition) is 6. The van der Waals surface area contributed by atoms with Gasteiger partial charge in [-0.2, -0.15) is 4.98 Å². The lowest BCUT2D eigenvalue weighted by molar-refractivity contribution is 0.351. The van der Waals surface area contributed by atoms with Crippen molar-refractivity contribution in [2.24, 2.45) is 0 Å². The van der Waals surface area contributed by atoms with Gasteiger partial charge in [-0.1, -0.05) is 17.6 Å². The fraction of sp³-hybridized carbons (Fsp3) is 0.467. The highest BCUT2D eigenvalue weighted by Crippen LogP contribution is 2.37. The van der Waals surface area contributed by atoms with Gasteiger partial charge in [0, 0.05) is 0 Å². The third-order valence-corrected chi connectivity index (χ3v) is 3.70. The number of methoxy groups -OCH3 is 2. The molecule has 2 aromatic rings. The molecule has 1 N–H and O–H groups in total. The lowest BCUT2D eigenvalue weighted by atomic mass is 10.0. The minimum absolute atomic E-state index is 0.174. The van der Waals surface area contributed by atoms with Crippen LogP contribution in [0, 0.1) is 0 Å². The first-order chi connectivity index (χ1) is 10.3. The van der Waals surface area contributed by atoms with Gasteiger partial charge >= 0.3 is 0 Å². The van der Waals surface area contributed by atoms with Gasteiger partial charge in [-0.15, -0.1) is 0 Å². The van der Waals surface area contributed by atoms with E-state index in [0.29, 0.717) is 23.2 Å². The number of nitrogens with zero attached hydrogens (tertiary/aromatic N) is 2. The lowest BCUT2D eigenvalue weighted by Crippen LogP contribution is -2.27. The summed E-state index contributed by atoms with van der Waals surface area (Å²) in [7, 11) is 3.20. The second-order valence-electron chi connectivity index (χ2n) is 5.00. The van der Waals surface area contributed by atoms with Crippen molar-refractivity contribution in [1.82, 2.24) is 15.5 Å². The maximum Gasteiger partial charge on any atom is 0.261 e. The normalized spacial score (nSPS) is 18.5. The van der Waals surface area contributed by atoms with Crippen molar-refractivity contribution < 1.29 is 14.0 Å². The van der Waals surface area contributed by atoms with Gasteiger partial charge in [0.25, 0.3) is 5.89 Å². The molecule has 112 valence electrons. The third kappa shape index (κ3) is 2.71. The Labute approximate surface area is 123 Å². The molecule has 1 unspecified atom stereocenters. The van der Waals surface area contributed by atoms with Gasteiger partial charge in [0.05, 0.1) is 25.8 Å². The fourth-order valence-electron chi connectivity index (χ4n) is 2.61. The van der Waals surface area contributed by atoms with Crippen molar-refractivity contribution in [2.45, 2.75) is 25.3 Å². The largest absolute Gasteiger partial charge is 0.493 e. The number of benzene rings is 1. The molecule has 1 fully saturated rings. The summed E-state index contributed by atoms with van der Waals surface area (Å²) in [4.78, 5) is 4.51. The molecule has 1 aliphatic rings. The molecule has 21 heavy (non-hydrogen) atoms. The van der Waals surface area contributed by atoms with Crippen LogP contribution in [0.15, 0.2) is 22.7 Å². The average molecular weight is 289 g/mol. The minimum atomic E-state index is 0.174. The van der Waals surface area contributed by atoms with E-state index in [1.807, 2.05) is 18.2 Å². The molecule has 1 aromatic carbocycles. The van der Waals surface area contributed by atoms with Crippen LogP contribution in [-0.4, -0.2) is 30.9 Å². The molecule has 0 spiro atoms. The predicted octanol–water partition coefficient (Wildman–Crippen LogP) is 2.57. The summed E-state index contributed by atoms with van der Waals surface area (Å²) in [5, 5.41) is 7.51. The van der Waals surface area contributed by atoms with E-state index in [-0.39, 0.29) is 6.04 Å². The smallest absolute Gasteiger partial charge is 0.261 e. The van der Waals surface area contributed by atoms with E-state index in [4.69, 9.17) is 14.0 Å². The first-order valence-corrected chi connectivity index (χ1v) is 7.12. The van der Waals surface area contributed by atoms with Gasteiger partial charge in [0.15, 0.2) is 17.3 Å². The maximum atomic E-state index is 5.41. The van der Waals surface area contributed by atoms with Crippen LogP contribution in [0.3, 0.4) is 0 Å². The number of nitrogens with one attached hydrogen (secondary N) is 1. The summed E-state index contributed by atoms with van der Waals surface area (Å²) >= 11 is 0. The molecule has 1 aliphatic heterocycles. The van der Waals surface area contributed by atoms with Crippen LogP contribution in [0.1, 0.15) is 31.1 Å². The van der Waals surface area contributed by atoms with Crippen molar-refractivity contribution in [1.29, 1.82) is 0 Å². The van der Waals surface area contributed by atoms with Gasteiger partial charge in [-0.25, -0.2) is 0 Å². The molecular formula is C15H19N3O3. The number of para-hydroxylation sites is 1. The van der Waals surface area contributed by atoms with Crippen molar-refractivity contribution in [3.8, 4) is 23.0 Å². The van der Waals surface area contributed by atoms with Gasteiger partial charge in [0.1, 0.15) is 0 Å². The molecule has 3 rings (SSSR count). The molecule has 1 aromatic heterocycles. The standard InChI is InChI=1S/C15H19N3O3/c1-19-12-8-5-6-10(13(12)20-2)15-17-14(18-21-15)11-7-3-4-9-16-11/h5-6,8,11,16H,3-4,7,9H2,1-2H3. The molecule has 1 saturated heterocycles. The molecule has 0 bridgehead atoms. The number of ether oxygens (including phenoxy) is 2. The summed E-state index contributed by atoms with van der Waals surface area (Å²) in [6, 6.07) is 5.77. The third-order valence-electron chi connectivity index (χ3n) is 3.70. The highest BCUT2D eigenvalue weighted by Gasteiger charge is 2.22. The van der Waals surface area contributed by atoms with Crippen molar-refractivity contribution in [2.75, 3.05) is 20.8 Å².